The minimum absolute atomic E-state index is 0.0240. The number of hydrogen-bond donors (Lipinski definition) is 2. The lowest BCUT2D eigenvalue weighted by atomic mass is 9.98. The van der Waals surface area contributed by atoms with Crippen LogP contribution in [-0.4, -0.2) is 43.1 Å². The van der Waals surface area contributed by atoms with Crippen molar-refractivity contribution in [3.8, 4) is 16.9 Å². The Labute approximate surface area is 239 Å². The Morgan fingerprint density at radius 3 is 2.12 bits per heavy atom. The number of carbonyl (C=O) groups excluding carboxylic acids is 3. The van der Waals surface area contributed by atoms with E-state index in [0.717, 1.165) is 16.8 Å². The summed E-state index contributed by atoms with van der Waals surface area (Å²) in [5, 5.41) is 7.54. The Morgan fingerprint density at radius 2 is 1.54 bits per heavy atom. The van der Waals surface area contributed by atoms with E-state index in [-0.39, 0.29) is 30.8 Å². The minimum Gasteiger partial charge on any atom is -0.491 e. The van der Waals surface area contributed by atoms with E-state index in [0.29, 0.717) is 17.7 Å². The summed E-state index contributed by atoms with van der Waals surface area (Å²) >= 11 is 0. The summed E-state index contributed by atoms with van der Waals surface area (Å²) in [7, 11) is 0. The number of nitrogens with zero attached hydrogens (tertiary/aromatic N) is 1. The van der Waals surface area contributed by atoms with Gasteiger partial charge in [-0.2, -0.15) is 0 Å². The Bertz CT molecular complexity index is 1380. The van der Waals surface area contributed by atoms with Crippen LogP contribution >= 0.6 is 0 Å². The Hall–Kier alpha value is -4.66. The van der Waals surface area contributed by atoms with Gasteiger partial charge >= 0.3 is 11.9 Å². The average molecular weight is 558 g/mol. The maximum atomic E-state index is 13.4. The van der Waals surface area contributed by atoms with Gasteiger partial charge in [0, 0.05) is 11.3 Å². The maximum absolute atomic E-state index is 13.4. The Kier molecular flexibility index (Phi) is 9.07. The molecular weight excluding hydrogens is 522 g/mol. The van der Waals surface area contributed by atoms with E-state index in [4.69, 9.17) is 25.4 Å². The molecule has 41 heavy (non-hydrogen) atoms. The summed E-state index contributed by atoms with van der Waals surface area (Å²) < 4.78 is 16.2. The highest BCUT2D eigenvalue weighted by Gasteiger charge is 2.42. The first-order valence-corrected chi connectivity index (χ1v) is 13.4. The standard InChI is InChI=1S/C32H35N3O6/c1-32(2,3)31(38)41-20-40-28(36)18-24-17-26(35(30(24)37)25-7-5-4-6-8-25)19-39-27-15-13-22(14-16-27)21-9-11-23(12-10-21)29(33)34/h4-16,24,26H,17-20H2,1-3H3,(H3,33,34)/t24-,26-/m0/s1. The van der Waals surface area contributed by atoms with Crippen LogP contribution in [0.5, 0.6) is 5.75 Å². The zero-order valence-electron chi connectivity index (χ0n) is 23.5. The number of amidine groups is 1. The average Bonchev–Trinajstić information content (AvgIpc) is 3.26. The first kappa shape index (κ1) is 29.3. The predicted octanol–water partition coefficient (Wildman–Crippen LogP) is 4.92. The van der Waals surface area contributed by atoms with Gasteiger partial charge in [-0.15, -0.1) is 0 Å². The molecule has 1 fully saturated rings. The number of nitrogens with two attached hydrogens (primary N) is 1. The highest BCUT2D eigenvalue weighted by Crippen LogP contribution is 2.33. The van der Waals surface area contributed by atoms with E-state index >= 15 is 0 Å². The highest BCUT2D eigenvalue weighted by molar-refractivity contribution is 5.99. The number of amides is 1. The molecule has 0 radical (unpaired) electrons. The van der Waals surface area contributed by atoms with E-state index < -0.39 is 30.1 Å². The molecule has 0 aromatic heterocycles. The van der Waals surface area contributed by atoms with E-state index in [9.17, 15) is 14.4 Å². The third-order valence-corrected chi connectivity index (χ3v) is 6.80. The van der Waals surface area contributed by atoms with E-state index in [2.05, 4.69) is 0 Å². The fraction of sp³-hybridized carbons (Fsp3) is 0.312. The van der Waals surface area contributed by atoms with Gasteiger partial charge in [0.25, 0.3) is 0 Å². The molecule has 0 saturated carbocycles. The van der Waals surface area contributed by atoms with Gasteiger partial charge in [0.2, 0.25) is 12.7 Å². The molecule has 1 saturated heterocycles. The molecule has 0 aliphatic carbocycles. The second kappa shape index (κ2) is 12.7. The van der Waals surface area contributed by atoms with Crippen molar-refractivity contribution in [2.75, 3.05) is 18.3 Å². The zero-order valence-corrected chi connectivity index (χ0v) is 23.5. The lowest BCUT2D eigenvalue weighted by Crippen LogP contribution is -2.37. The summed E-state index contributed by atoms with van der Waals surface area (Å²) in [6, 6.07) is 24.0. The molecule has 0 bridgehead atoms. The molecule has 1 amide bonds. The molecule has 4 rings (SSSR count). The van der Waals surface area contributed by atoms with E-state index in [1.54, 1.807) is 25.7 Å². The zero-order chi connectivity index (χ0) is 29.6. The smallest absolute Gasteiger partial charge is 0.314 e. The summed E-state index contributed by atoms with van der Waals surface area (Å²) in [4.78, 5) is 39.5. The molecular formula is C32H35N3O6. The van der Waals surface area contributed by atoms with Crippen LogP contribution in [-0.2, 0) is 23.9 Å². The van der Waals surface area contributed by atoms with Gasteiger partial charge in [0.1, 0.15) is 18.2 Å². The van der Waals surface area contributed by atoms with Gasteiger partial charge in [0.05, 0.1) is 23.8 Å². The molecule has 9 nitrogen and oxygen atoms in total. The van der Waals surface area contributed by atoms with Gasteiger partial charge < -0.3 is 24.8 Å². The summed E-state index contributed by atoms with van der Waals surface area (Å²) in [6.07, 6.45) is 0.286. The molecule has 9 heteroatoms. The van der Waals surface area contributed by atoms with Crippen LogP contribution in [0.4, 0.5) is 5.69 Å². The number of ether oxygens (including phenoxy) is 3. The number of para-hydroxylation sites is 1. The monoisotopic (exact) mass is 557 g/mol. The van der Waals surface area contributed by atoms with Crippen LogP contribution in [0.25, 0.3) is 11.1 Å². The van der Waals surface area contributed by atoms with Crippen LogP contribution in [0.2, 0.25) is 0 Å². The van der Waals surface area contributed by atoms with E-state index in [1.165, 1.54) is 0 Å². The van der Waals surface area contributed by atoms with Gasteiger partial charge in [-0.1, -0.05) is 54.6 Å². The van der Waals surface area contributed by atoms with Gasteiger partial charge in [0.15, 0.2) is 0 Å². The van der Waals surface area contributed by atoms with Crippen LogP contribution < -0.4 is 15.4 Å². The highest BCUT2D eigenvalue weighted by atomic mass is 16.7. The molecule has 3 aromatic rings. The molecule has 3 aromatic carbocycles. The van der Waals surface area contributed by atoms with Crippen LogP contribution in [0.1, 0.15) is 39.2 Å². The first-order valence-electron chi connectivity index (χ1n) is 13.4. The number of rotatable bonds is 10. The number of anilines is 1. The third kappa shape index (κ3) is 7.51. The summed E-state index contributed by atoms with van der Waals surface area (Å²) in [5.41, 5.74) is 8.20. The van der Waals surface area contributed by atoms with Gasteiger partial charge in [-0.25, -0.2) is 0 Å². The lowest BCUT2D eigenvalue weighted by molar-refractivity contribution is -0.173. The maximum Gasteiger partial charge on any atom is 0.314 e. The van der Waals surface area contributed by atoms with Crippen LogP contribution in [0.15, 0.2) is 78.9 Å². The van der Waals surface area contributed by atoms with Crippen LogP contribution in [0, 0.1) is 16.7 Å². The number of benzene rings is 3. The van der Waals surface area contributed by atoms with Crippen molar-refractivity contribution in [1.29, 1.82) is 5.41 Å². The topological polar surface area (TPSA) is 132 Å². The van der Waals surface area contributed by atoms with Crippen molar-refractivity contribution in [2.24, 2.45) is 17.1 Å². The SMILES string of the molecule is CC(C)(C)C(=O)OCOC(=O)C[C@@H]1C[C@@H](COc2ccc(-c3ccc(C(=N)N)cc3)cc2)N(c2ccccc2)C1=O. The third-order valence-electron chi connectivity index (χ3n) is 6.80. The van der Waals surface area contributed by atoms with Gasteiger partial charge in [-0.05, 0) is 62.6 Å². The second-order valence-corrected chi connectivity index (χ2v) is 11.0. The molecule has 1 aliphatic heterocycles. The molecule has 1 aliphatic rings. The number of hydrogen-bond acceptors (Lipinski definition) is 7. The van der Waals surface area contributed by atoms with Crippen molar-refractivity contribution in [3.63, 3.8) is 0 Å². The molecule has 2 atom stereocenters. The largest absolute Gasteiger partial charge is 0.491 e. The minimum atomic E-state index is -0.709. The number of nitrogen functional groups attached to an aromatic ring is 1. The molecule has 0 spiro atoms. The number of carbonyl (C=O) groups is 3. The van der Waals surface area contributed by atoms with Crippen molar-refractivity contribution < 1.29 is 28.6 Å². The Balaban J connectivity index is 1.39. The number of esters is 2. The van der Waals surface area contributed by atoms with Crippen molar-refractivity contribution in [3.05, 3.63) is 84.4 Å². The molecule has 214 valence electrons. The fourth-order valence-corrected chi connectivity index (χ4v) is 4.55. The van der Waals surface area contributed by atoms with Crippen molar-refractivity contribution in [1.82, 2.24) is 0 Å². The quantitative estimate of drug-likeness (QED) is 0.157. The Morgan fingerprint density at radius 1 is 0.927 bits per heavy atom. The lowest BCUT2D eigenvalue weighted by Gasteiger charge is -2.25. The summed E-state index contributed by atoms with van der Waals surface area (Å²) in [6.45, 7) is 4.87. The van der Waals surface area contributed by atoms with E-state index in [1.807, 2.05) is 78.9 Å². The van der Waals surface area contributed by atoms with Crippen molar-refractivity contribution >= 4 is 29.4 Å². The summed E-state index contributed by atoms with van der Waals surface area (Å²) in [5.74, 6) is -1.18. The fourth-order valence-electron chi connectivity index (χ4n) is 4.55. The number of nitrogens with one attached hydrogen (secondary N) is 1. The normalized spacial score (nSPS) is 16.8. The first-order chi connectivity index (χ1) is 19.5. The molecule has 1 heterocycles. The van der Waals surface area contributed by atoms with Crippen LogP contribution in [0.3, 0.4) is 0 Å². The predicted molar refractivity (Wildman–Crippen MR) is 155 cm³/mol. The molecule has 3 N–H and O–H groups in total. The second-order valence-electron chi connectivity index (χ2n) is 11.0. The molecule has 0 unspecified atom stereocenters. The van der Waals surface area contributed by atoms with Crippen molar-refractivity contribution in [2.45, 2.75) is 39.7 Å². The van der Waals surface area contributed by atoms with Gasteiger partial charge in [-0.3, -0.25) is 19.8 Å².